The Labute approximate surface area is 84.7 Å². The van der Waals surface area contributed by atoms with E-state index in [1.165, 1.54) is 0 Å². The van der Waals surface area contributed by atoms with E-state index in [1.54, 1.807) is 0 Å². The number of nitrogens with one attached hydrogen (secondary N) is 2. The summed E-state index contributed by atoms with van der Waals surface area (Å²) in [5.74, 6) is 1.35. The maximum absolute atomic E-state index is 3.95. The average Bonchev–Trinajstić information content (AvgIpc) is 2.65. The number of tetrazole rings is 1. The van der Waals surface area contributed by atoms with Gasteiger partial charge in [-0.25, -0.2) is 0 Å². The smallest absolute Gasteiger partial charge is 0.191 e. The summed E-state index contributed by atoms with van der Waals surface area (Å²) >= 11 is 0. The number of aromatic nitrogens is 4. The van der Waals surface area contributed by atoms with Gasteiger partial charge in [-0.05, 0) is 19.3 Å². The topological polar surface area (TPSA) is 66.5 Å². The summed E-state index contributed by atoms with van der Waals surface area (Å²) in [5, 5.41) is 17.4. The Hall–Kier alpha value is -0.970. The van der Waals surface area contributed by atoms with Crippen molar-refractivity contribution in [2.45, 2.75) is 46.2 Å². The molecule has 0 bridgehead atoms. The molecular weight excluding hydrogens is 178 g/mol. The molecule has 1 aromatic heterocycles. The van der Waals surface area contributed by atoms with Crippen molar-refractivity contribution in [1.29, 1.82) is 0 Å². The van der Waals surface area contributed by atoms with Gasteiger partial charge in [0, 0.05) is 6.04 Å². The minimum absolute atomic E-state index is 0.154. The van der Waals surface area contributed by atoms with Crippen LogP contribution in [0.2, 0.25) is 0 Å². The van der Waals surface area contributed by atoms with Gasteiger partial charge in [0.25, 0.3) is 0 Å². The van der Waals surface area contributed by atoms with Gasteiger partial charge in [-0.3, -0.25) is 0 Å². The molecule has 2 atom stereocenters. The molecule has 1 rings (SSSR count). The summed E-state index contributed by atoms with van der Waals surface area (Å²) in [5.41, 5.74) is 0. The minimum Gasteiger partial charge on any atom is -0.304 e. The van der Waals surface area contributed by atoms with Gasteiger partial charge in [0.1, 0.15) is 0 Å². The van der Waals surface area contributed by atoms with Crippen LogP contribution in [-0.4, -0.2) is 26.7 Å². The summed E-state index contributed by atoms with van der Waals surface area (Å²) in [4.78, 5) is 0. The van der Waals surface area contributed by atoms with E-state index >= 15 is 0 Å². The van der Waals surface area contributed by atoms with Crippen molar-refractivity contribution in [3.05, 3.63) is 5.82 Å². The van der Waals surface area contributed by atoms with E-state index in [0.717, 1.165) is 12.2 Å². The van der Waals surface area contributed by atoms with Gasteiger partial charge < -0.3 is 5.32 Å². The van der Waals surface area contributed by atoms with E-state index in [4.69, 9.17) is 0 Å². The highest BCUT2D eigenvalue weighted by molar-refractivity contribution is 4.88. The van der Waals surface area contributed by atoms with E-state index in [0.29, 0.717) is 12.0 Å². The lowest BCUT2D eigenvalue weighted by atomic mass is 10.0. The Morgan fingerprint density at radius 2 is 2.07 bits per heavy atom. The number of rotatable bonds is 5. The minimum atomic E-state index is 0.154. The molecule has 5 nitrogen and oxygen atoms in total. The van der Waals surface area contributed by atoms with Crippen LogP contribution in [0.3, 0.4) is 0 Å². The molecule has 0 saturated heterocycles. The van der Waals surface area contributed by atoms with Gasteiger partial charge in [-0.2, -0.15) is 5.21 Å². The van der Waals surface area contributed by atoms with Crippen molar-refractivity contribution in [1.82, 2.24) is 25.9 Å². The molecule has 2 unspecified atom stereocenters. The molecule has 0 spiro atoms. The van der Waals surface area contributed by atoms with E-state index in [9.17, 15) is 0 Å². The molecule has 2 N–H and O–H groups in total. The molecule has 0 aliphatic rings. The molecule has 0 saturated carbocycles. The Balaban J connectivity index is 2.51. The first-order valence-corrected chi connectivity index (χ1v) is 5.14. The zero-order chi connectivity index (χ0) is 10.6. The van der Waals surface area contributed by atoms with Gasteiger partial charge in [0.05, 0.1) is 6.04 Å². The molecule has 0 amide bonds. The van der Waals surface area contributed by atoms with Crippen molar-refractivity contribution < 1.29 is 0 Å². The van der Waals surface area contributed by atoms with E-state index in [2.05, 4.69) is 53.6 Å². The Bertz CT molecular complexity index is 244. The maximum atomic E-state index is 3.95. The Kier molecular flexibility index (Phi) is 4.00. The maximum Gasteiger partial charge on any atom is 0.191 e. The lowest BCUT2D eigenvalue weighted by Gasteiger charge is -2.23. The van der Waals surface area contributed by atoms with E-state index in [-0.39, 0.29) is 6.04 Å². The third kappa shape index (κ3) is 2.77. The molecular formula is C9H19N5. The van der Waals surface area contributed by atoms with Crippen LogP contribution in [0.4, 0.5) is 0 Å². The molecule has 0 fully saturated rings. The van der Waals surface area contributed by atoms with Gasteiger partial charge >= 0.3 is 0 Å². The zero-order valence-corrected chi connectivity index (χ0v) is 9.28. The third-order valence-corrected chi connectivity index (χ3v) is 2.46. The van der Waals surface area contributed by atoms with Crippen LogP contribution in [0.25, 0.3) is 0 Å². The average molecular weight is 197 g/mol. The highest BCUT2D eigenvalue weighted by atomic mass is 15.5. The van der Waals surface area contributed by atoms with Crippen LogP contribution in [0.15, 0.2) is 0 Å². The lowest BCUT2D eigenvalue weighted by molar-refractivity contribution is 0.349. The van der Waals surface area contributed by atoms with E-state index in [1.807, 2.05) is 0 Å². The normalized spacial score (nSPS) is 15.8. The van der Waals surface area contributed by atoms with Crippen LogP contribution in [0.5, 0.6) is 0 Å². The van der Waals surface area contributed by atoms with Gasteiger partial charge in [-0.15, -0.1) is 10.2 Å². The van der Waals surface area contributed by atoms with Crippen LogP contribution < -0.4 is 5.32 Å². The molecule has 0 aliphatic heterocycles. The largest absolute Gasteiger partial charge is 0.304 e. The predicted octanol–water partition coefficient (Wildman–Crippen LogP) is 1.28. The number of aromatic amines is 1. The van der Waals surface area contributed by atoms with E-state index < -0.39 is 0 Å². The number of H-pyrrole nitrogens is 1. The SMILES string of the molecule is CCC(NC(C)c1nn[nH]n1)C(C)C. The third-order valence-electron chi connectivity index (χ3n) is 2.46. The van der Waals surface area contributed by atoms with Crippen molar-refractivity contribution in [2.75, 3.05) is 0 Å². The van der Waals surface area contributed by atoms with Crippen LogP contribution >= 0.6 is 0 Å². The molecule has 80 valence electrons. The summed E-state index contributed by atoms with van der Waals surface area (Å²) in [7, 11) is 0. The van der Waals surface area contributed by atoms with Gasteiger partial charge in [0.15, 0.2) is 5.82 Å². The van der Waals surface area contributed by atoms with Crippen LogP contribution in [-0.2, 0) is 0 Å². The summed E-state index contributed by atoms with van der Waals surface area (Å²) < 4.78 is 0. The molecule has 5 heteroatoms. The van der Waals surface area contributed by atoms with Gasteiger partial charge in [-0.1, -0.05) is 26.0 Å². The highest BCUT2D eigenvalue weighted by Gasteiger charge is 2.17. The van der Waals surface area contributed by atoms with Gasteiger partial charge in [0.2, 0.25) is 0 Å². The summed E-state index contributed by atoms with van der Waals surface area (Å²) in [6.07, 6.45) is 1.11. The molecule has 0 radical (unpaired) electrons. The van der Waals surface area contributed by atoms with Crippen molar-refractivity contribution in [3.63, 3.8) is 0 Å². The summed E-state index contributed by atoms with van der Waals surface area (Å²) in [6, 6.07) is 0.657. The first-order chi connectivity index (χ1) is 6.65. The van der Waals surface area contributed by atoms with Crippen molar-refractivity contribution >= 4 is 0 Å². The fourth-order valence-electron chi connectivity index (χ4n) is 1.53. The number of nitrogens with zero attached hydrogens (tertiary/aromatic N) is 3. The standard InChI is InChI=1S/C9H19N5/c1-5-8(6(2)3)10-7(4)9-11-13-14-12-9/h6-8,10H,5H2,1-4H3,(H,11,12,13,14). The molecule has 1 heterocycles. The second kappa shape index (κ2) is 5.05. The monoisotopic (exact) mass is 197 g/mol. The highest BCUT2D eigenvalue weighted by Crippen LogP contribution is 2.11. The first kappa shape index (κ1) is 11.1. The molecule has 1 aromatic rings. The Morgan fingerprint density at radius 1 is 1.36 bits per heavy atom. The number of hydrogen-bond donors (Lipinski definition) is 2. The quantitative estimate of drug-likeness (QED) is 0.746. The first-order valence-electron chi connectivity index (χ1n) is 5.14. The fourth-order valence-corrected chi connectivity index (χ4v) is 1.53. The zero-order valence-electron chi connectivity index (χ0n) is 9.28. The second-order valence-electron chi connectivity index (χ2n) is 3.92. The number of hydrogen-bond acceptors (Lipinski definition) is 4. The molecule has 0 aromatic carbocycles. The van der Waals surface area contributed by atoms with Crippen molar-refractivity contribution in [3.8, 4) is 0 Å². The van der Waals surface area contributed by atoms with Crippen molar-refractivity contribution in [2.24, 2.45) is 5.92 Å². The fraction of sp³-hybridized carbons (Fsp3) is 0.889. The summed E-state index contributed by atoms with van der Waals surface area (Å²) in [6.45, 7) is 8.66. The molecule has 0 aliphatic carbocycles. The molecule has 14 heavy (non-hydrogen) atoms. The second-order valence-corrected chi connectivity index (χ2v) is 3.92. The van der Waals surface area contributed by atoms with Crippen LogP contribution in [0.1, 0.15) is 46.0 Å². The Morgan fingerprint density at radius 3 is 2.50 bits per heavy atom. The van der Waals surface area contributed by atoms with Crippen LogP contribution in [0, 0.1) is 5.92 Å². The lowest BCUT2D eigenvalue weighted by Crippen LogP contribution is -2.35. The predicted molar refractivity (Wildman–Crippen MR) is 54.6 cm³/mol.